The van der Waals surface area contributed by atoms with Crippen LogP contribution in [-0.2, 0) is 4.74 Å². The molecule has 0 atom stereocenters. The molecule has 53 valence electrons. The Hall–Kier alpha value is -0.0400. The van der Waals surface area contributed by atoms with Crippen LogP contribution in [0.3, 0.4) is 0 Å². The summed E-state index contributed by atoms with van der Waals surface area (Å²) in [4.78, 5) is 0. The van der Waals surface area contributed by atoms with Crippen molar-refractivity contribution in [1.29, 1.82) is 0 Å². The summed E-state index contributed by atoms with van der Waals surface area (Å²) in [5.41, 5.74) is 0. The Kier molecular flexibility index (Phi) is 3.05. The predicted octanol–water partition coefficient (Wildman–Crippen LogP) is 2.17. The average molecular weight is 127 g/mol. The number of hydrogen-bond acceptors (Lipinski definition) is 1. The van der Waals surface area contributed by atoms with E-state index in [9.17, 15) is 0 Å². The maximum atomic E-state index is 5.42. The largest absolute Gasteiger partial charge is 0.378 e. The van der Waals surface area contributed by atoms with Gasteiger partial charge in [0.2, 0.25) is 0 Å². The summed E-state index contributed by atoms with van der Waals surface area (Å²) < 4.78 is 5.42. The van der Waals surface area contributed by atoms with Crippen LogP contribution in [0.5, 0.6) is 0 Å². The van der Waals surface area contributed by atoms with E-state index in [2.05, 4.69) is 13.3 Å². The Morgan fingerprint density at radius 1 is 1.56 bits per heavy atom. The second-order valence-corrected chi connectivity index (χ2v) is 2.56. The second kappa shape index (κ2) is 3.89. The third kappa shape index (κ3) is 3.52. The Morgan fingerprint density at radius 3 is 2.89 bits per heavy atom. The van der Waals surface area contributed by atoms with Crippen molar-refractivity contribution >= 4 is 0 Å². The molecule has 0 bridgehead atoms. The molecule has 0 aromatic heterocycles. The summed E-state index contributed by atoms with van der Waals surface area (Å²) in [6.45, 7) is 3.11. The number of unbranched alkanes of at least 4 members (excludes halogenated alkanes) is 2. The molecule has 0 spiro atoms. The zero-order valence-corrected chi connectivity index (χ0v) is 6.10. The molecule has 1 rings (SSSR count). The molecule has 1 aliphatic rings. The van der Waals surface area contributed by atoms with Crippen LogP contribution >= 0.6 is 0 Å². The molecule has 1 aliphatic carbocycles. The summed E-state index contributed by atoms with van der Waals surface area (Å²) in [7, 11) is 0. The Morgan fingerprint density at radius 2 is 2.33 bits per heavy atom. The molecule has 1 fully saturated rings. The van der Waals surface area contributed by atoms with Crippen LogP contribution < -0.4 is 0 Å². The summed E-state index contributed by atoms with van der Waals surface area (Å²) in [6, 6.07) is 0. The van der Waals surface area contributed by atoms with Crippen molar-refractivity contribution in [2.45, 2.75) is 38.7 Å². The van der Waals surface area contributed by atoms with Crippen molar-refractivity contribution in [2.24, 2.45) is 0 Å². The van der Waals surface area contributed by atoms with Crippen molar-refractivity contribution in [2.75, 3.05) is 6.61 Å². The Balaban J connectivity index is 1.71. The molecule has 0 N–H and O–H groups in total. The van der Waals surface area contributed by atoms with Gasteiger partial charge in [-0.15, -0.1) is 0 Å². The van der Waals surface area contributed by atoms with Crippen LogP contribution in [0.1, 0.15) is 32.6 Å². The van der Waals surface area contributed by atoms with Gasteiger partial charge in [0, 0.05) is 6.61 Å². The number of ether oxygens (including phenoxy) is 1. The molecular weight excluding hydrogens is 112 g/mol. The predicted molar refractivity (Wildman–Crippen MR) is 38.2 cm³/mol. The lowest BCUT2D eigenvalue weighted by Crippen LogP contribution is -1.95. The first-order valence-corrected chi connectivity index (χ1v) is 3.86. The molecule has 1 heteroatoms. The summed E-state index contributed by atoms with van der Waals surface area (Å²) in [6.07, 6.45) is 7.80. The smallest absolute Gasteiger partial charge is 0.0577 e. The van der Waals surface area contributed by atoms with Crippen molar-refractivity contribution in [3.05, 3.63) is 6.42 Å². The average Bonchev–Trinajstić information content (AvgIpc) is 2.63. The van der Waals surface area contributed by atoms with Gasteiger partial charge in [0.1, 0.15) is 0 Å². The molecule has 0 heterocycles. The summed E-state index contributed by atoms with van der Waals surface area (Å²) in [5, 5.41) is 0. The minimum absolute atomic E-state index is 0.634. The maximum absolute atomic E-state index is 5.42. The molecule has 0 amide bonds. The van der Waals surface area contributed by atoms with Crippen molar-refractivity contribution < 1.29 is 4.74 Å². The summed E-state index contributed by atoms with van der Waals surface area (Å²) >= 11 is 0. The van der Waals surface area contributed by atoms with E-state index >= 15 is 0 Å². The lowest BCUT2D eigenvalue weighted by atomic mass is 10.3. The number of hydrogen-bond donors (Lipinski definition) is 0. The highest BCUT2D eigenvalue weighted by Gasteiger charge is 2.21. The second-order valence-electron chi connectivity index (χ2n) is 2.56. The van der Waals surface area contributed by atoms with Crippen LogP contribution in [0.2, 0.25) is 0 Å². The molecule has 0 saturated heterocycles. The quantitative estimate of drug-likeness (QED) is 0.514. The van der Waals surface area contributed by atoms with Gasteiger partial charge in [0.05, 0.1) is 6.10 Å². The van der Waals surface area contributed by atoms with E-state index in [0.29, 0.717) is 6.10 Å². The van der Waals surface area contributed by atoms with Gasteiger partial charge < -0.3 is 4.74 Å². The lowest BCUT2D eigenvalue weighted by molar-refractivity contribution is 0.121. The maximum Gasteiger partial charge on any atom is 0.0577 e. The number of rotatable bonds is 5. The van der Waals surface area contributed by atoms with E-state index in [1.54, 1.807) is 0 Å². The highest BCUT2D eigenvalue weighted by Crippen LogP contribution is 2.23. The Bertz CT molecular complexity index is 67.0. The zero-order chi connectivity index (χ0) is 6.53. The topological polar surface area (TPSA) is 9.23 Å². The minimum atomic E-state index is 0.634. The minimum Gasteiger partial charge on any atom is -0.378 e. The van der Waals surface area contributed by atoms with Gasteiger partial charge in [0.25, 0.3) is 0 Å². The monoisotopic (exact) mass is 127 g/mol. The third-order valence-electron chi connectivity index (χ3n) is 1.49. The molecule has 1 saturated carbocycles. The van der Waals surface area contributed by atoms with E-state index in [1.807, 2.05) is 0 Å². The fraction of sp³-hybridized carbons (Fsp3) is 0.875. The van der Waals surface area contributed by atoms with Crippen molar-refractivity contribution in [1.82, 2.24) is 0 Å². The third-order valence-corrected chi connectivity index (χ3v) is 1.49. The molecular formula is C8H15O. The Labute approximate surface area is 57.4 Å². The first kappa shape index (κ1) is 7.07. The van der Waals surface area contributed by atoms with Gasteiger partial charge in [-0.1, -0.05) is 13.3 Å². The lowest BCUT2D eigenvalue weighted by Gasteiger charge is -1.98. The van der Waals surface area contributed by atoms with Crippen molar-refractivity contribution in [3.63, 3.8) is 0 Å². The van der Waals surface area contributed by atoms with Crippen LogP contribution in [-0.4, -0.2) is 12.7 Å². The van der Waals surface area contributed by atoms with E-state index < -0.39 is 0 Å². The molecule has 0 aromatic carbocycles. The van der Waals surface area contributed by atoms with E-state index in [-0.39, 0.29) is 0 Å². The fourth-order valence-corrected chi connectivity index (χ4v) is 0.757. The van der Waals surface area contributed by atoms with Gasteiger partial charge in [-0.05, 0) is 25.7 Å². The molecule has 1 radical (unpaired) electrons. The van der Waals surface area contributed by atoms with E-state index in [1.165, 1.54) is 19.3 Å². The summed E-state index contributed by atoms with van der Waals surface area (Å²) in [5.74, 6) is 0. The SMILES string of the molecule is CC[CH]CCOC1CC1. The normalized spacial score (nSPS) is 18.3. The standard InChI is InChI=1S/C8H15O/c1-2-3-4-7-9-8-5-6-8/h3,8H,2,4-7H2,1H3. The van der Waals surface area contributed by atoms with Gasteiger partial charge >= 0.3 is 0 Å². The van der Waals surface area contributed by atoms with Crippen LogP contribution in [0.15, 0.2) is 0 Å². The molecule has 1 nitrogen and oxygen atoms in total. The van der Waals surface area contributed by atoms with Crippen LogP contribution in [0.25, 0.3) is 0 Å². The highest BCUT2D eigenvalue weighted by atomic mass is 16.5. The molecule has 0 aromatic rings. The van der Waals surface area contributed by atoms with E-state index in [0.717, 1.165) is 13.0 Å². The van der Waals surface area contributed by atoms with E-state index in [4.69, 9.17) is 4.74 Å². The van der Waals surface area contributed by atoms with Crippen LogP contribution in [0, 0.1) is 6.42 Å². The molecule has 9 heavy (non-hydrogen) atoms. The van der Waals surface area contributed by atoms with Gasteiger partial charge in [-0.3, -0.25) is 0 Å². The molecule has 0 aliphatic heterocycles. The first-order chi connectivity index (χ1) is 4.43. The van der Waals surface area contributed by atoms with Gasteiger partial charge in [-0.2, -0.15) is 0 Å². The zero-order valence-electron chi connectivity index (χ0n) is 6.10. The fourth-order valence-electron chi connectivity index (χ4n) is 0.757. The first-order valence-electron chi connectivity index (χ1n) is 3.86. The van der Waals surface area contributed by atoms with Crippen molar-refractivity contribution in [3.8, 4) is 0 Å². The van der Waals surface area contributed by atoms with Crippen LogP contribution in [0.4, 0.5) is 0 Å². The van der Waals surface area contributed by atoms with Gasteiger partial charge in [-0.25, -0.2) is 0 Å². The highest BCUT2D eigenvalue weighted by molar-refractivity contribution is 4.73. The van der Waals surface area contributed by atoms with Gasteiger partial charge in [0.15, 0.2) is 0 Å². The molecule has 0 unspecified atom stereocenters.